The van der Waals surface area contributed by atoms with Crippen LogP contribution in [0.3, 0.4) is 0 Å². The fourth-order valence-corrected chi connectivity index (χ4v) is 8.64. The number of urea groups is 1. The van der Waals surface area contributed by atoms with Gasteiger partial charge in [-0.2, -0.15) is 32.1 Å². The quantitative estimate of drug-likeness (QED) is 0.130. The van der Waals surface area contributed by atoms with Crippen molar-refractivity contribution in [1.29, 1.82) is 0 Å². The molecule has 0 atom stereocenters. The number of carbonyl (C=O) groups is 2. The van der Waals surface area contributed by atoms with E-state index in [2.05, 4.69) is 15.0 Å². The smallest absolute Gasteiger partial charge is 0.416 e. The van der Waals surface area contributed by atoms with Crippen molar-refractivity contribution in [2.45, 2.75) is 97.3 Å². The largest absolute Gasteiger partial charge is 0.453 e. The maximum Gasteiger partial charge on any atom is 0.416 e. The van der Waals surface area contributed by atoms with Crippen molar-refractivity contribution >= 4 is 41.0 Å². The molecule has 0 spiro atoms. The Hall–Kier alpha value is -5.90. The summed E-state index contributed by atoms with van der Waals surface area (Å²) >= 11 is 0. The molecule has 0 aliphatic carbocycles. The van der Waals surface area contributed by atoms with Crippen LogP contribution >= 0.6 is 0 Å². The number of anilines is 5. The van der Waals surface area contributed by atoms with Crippen molar-refractivity contribution in [3.63, 3.8) is 0 Å². The molecule has 3 aromatic heterocycles. The number of benzene rings is 1. The van der Waals surface area contributed by atoms with Gasteiger partial charge in [0, 0.05) is 114 Å². The van der Waals surface area contributed by atoms with Crippen LogP contribution in [0.5, 0.6) is 5.75 Å². The summed E-state index contributed by atoms with van der Waals surface area (Å²) in [5.74, 6) is 1.22. The van der Waals surface area contributed by atoms with Gasteiger partial charge in [0.2, 0.25) is 0 Å². The van der Waals surface area contributed by atoms with Crippen LogP contribution in [0.2, 0.25) is 0 Å². The molecule has 362 valence electrons. The lowest BCUT2D eigenvalue weighted by molar-refractivity contribution is -0.138. The average molecular weight is 934 g/mol. The Kier molecular flexibility index (Phi) is 16.2. The van der Waals surface area contributed by atoms with Crippen LogP contribution in [0.1, 0.15) is 85.3 Å². The number of amides is 3. The van der Waals surface area contributed by atoms with Gasteiger partial charge in [-0.05, 0) is 56.4 Å². The highest BCUT2D eigenvalue weighted by molar-refractivity contribution is 5.75. The van der Waals surface area contributed by atoms with Crippen LogP contribution in [-0.4, -0.2) is 121 Å². The maximum atomic E-state index is 13.5. The summed E-state index contributed by atoms with van der Waals surface area (Å²) < 4.78 is 90.4. The number of nitrogens with one attached hydrogen (secondary N) is 1. The van der Waals surface area contributed by atoms with E-state index in [-0.39, 0.29) is 40.9 Å². The number of aromatic nitrogens is 5. The monoisotopic (exact) mass is 933 g/mol. The Morgan fingerprint density at radius 3 is 1.91 bits per heavy atom. The Morgan fingerprint density at radius 1 is 0.864 bits per heavy atom. The molecule has 8 rings (SSSR count). The standard InChI is InChI=1S/C21H27F3N6O2.C21H27F2N5O4.C2H6/c1-13-11-26-18(10-16(13)21(22,23)24)28(3)19-15-12-29(20(31)25-2)7-4-17(15)30(27-19)14-5-8-32-9-6-14;1-26(14-3-4-16(24)18(11-14)32-20(22)23)19-15-12-27(21(29)30-2)8-5-17(15)28(25-19)13-6-9-31-10-7-13;1-2/h10-11,14H,4-9,12H2,1-3H3,(H,25,31);3-4,11,13,20H,5-10,12,24H2,1-2H3;1-2H3. The zero-order valence-corrected chi connectivity index (χ0v) is 38.5. The number of pyridine rings is 1. The molecule has 0 radical (unpaired) electrons. The van der Waals surface area contributed by atoms with Gasteiger partial charge >= 0.3 is 24.9 Å². The van der Waals surface area contributed by atoms with Gasteiger partial charge in [0.1, 0.15) is 5.82 Å². The number of rotatable bonds is 8. The molecule has 0 unspecified atom stereocenters. The van der Waals surface area contributed by atoms with E-state index in [4.69, 9.17) is 30.1 Å². The van der Waals surface area contributed by atoms with Crippen molar-refractivity contribution in [2.75, 3.05) is 83.3 Å². The first kappa shape index (κ1) is 49.5. The predicted octanol–water partition coefficient (Wildman–Crippen LogP) is 7.76. The van der Waals surface area contributed by atoms with E-state index in [0.29, 0.717) is 82.8 Å². The molecule has 2 fully saturated rings. The fraction of sp³-hybridized carbons (Fsp3) is 0.568. The molecule has 1 aromatic carbocycles. The number of ether oxygens (including phenoxy) is 4. The van der Waals surface area contributed by atoms with Gasteiger partial charge < -0.3 is 49.6 Å². The van der Waals surface area contributed by atoms with Gasteiger partial charge in [-0.25, -0.2) is 14.6 Å². The van der Waals surface area contributed by atoms with Crippen molar-refractivity contribution in [2.24, 2.45) is 0 Å². The molecule has 7 heterocycles. The molecule has 3 N–H and O–H groups in total. The zero-order chi connectivity index (χ0) is 47.9. The number of methoxy groups -OCH3 is 1. The normalized spacial score (nSPS) is 16.6. The SMILES string of the molecule is CC.CNC(=O)N1CCc2c(c(N(C)c3cc(C(F)(F)F)c(C)cn3)nn2C2CCOCC2)C1.COC(=O)N1CCc2c(c(N(C)c3ccc(N)c(OC(F)F)c3)nn2C2CCOCC2)C1. The van der Waals surface area contributed by atoms with Crippen LogP contribution < -0.4 is 25.6 Å². The molecular formula is C44H60F5N11O6. The number of alkyl halides is 5. The first-order valence-electron chi connectivity index (χ1n) is 22.1. The highest BCUT2D eigenvalue weighted by Crippen LogP contribution is 2.40. The third kappa shape index (κ3) is 10.9. The Labute approximate surface area is 380 Å². The molecular weight excluding hydrogens is 874 g/mol. The Morgan fingerprint density at radius 2 is 1.39 bits per heavy atom. The minimum Gasteiger partial charge on any atom is -0.453 e. The average Bonchev–Trinajstić information content (AvgIpc) is 3.91. The molecule has 4 aromatic rings. The lowest BCUT2D eigenvalue weighted by Gasteiger charge is -2.30. The molecule has 4 aliphatic rings. The summed E-state index contributed by atoms with van der Waals surface area (Å²) in [6, 6.07) is 5.91. The van der Waals surface area contributed by atoms with Crippen molar-refractivity contribution < 1.29 is 50.5 Å². The number of aryl methyl sites for hydroxylation is 1. The third-order valence-electron chi connectivity index (χ3n) is 12.1. The summed E-state index contributed by atoms with van der Waals surface area (Å²) in [6.07, 6.45) is 0.962. The number of hydrogen-bond acceptors (Lipinski definition) is 12. The van der Waals surface area contributed by atoms with Crippen LogP contribution in [0, 0.1) is 6.92 Å². The van der Waals surface area contributed by atoms with Crippen molar-refractivity contribution in [3.05, 3.63) is 64.1 Å². The van der Waals surface area contributed by atoms with Gasteiger partial charge in [-0.15, -0.1) is 0 Å². The van der Waals surface area contributed by atoms with Crippen molar-refractivity contribution in [3.8, 4) is 5.75 Å². The third-order valence-corrected chi connectivity index (χ3v) is 12.1. The van der Waals surface area contributed by atoms with E-state index in [0.717, 1.165) is 54.3 Å². The number of nitrogen functional groups attached to an aromatic ring is 1. The summed E-state index contributed by atoms with van der Waals surface area (Å²) in [5, 5.41) is 12.4. The summed E-state index contributed by atoms with van der Waals surface area (Å²) in [6.45, 7) is 6.80. The molecule has 22 heteroatoms. The molecule has 0 saturated carbocycles. The molecule has 0 bridgehead atoms. The summed E-state index contributed by atoms with van der Waals surface area (Å²) in [5.41, 5.74) is 9.67. The van der Waals surface area contributed by atoms with Crippen LogP contribution in [-0.2, 0) is 46.3 Å². The predicted molar refractivity (Wildman–Crippen MR) is 237 cm³/mol. The van der Waals surface area contributed by atoms with Crippen LogP contribution in [0.15, 0.2) is 30.5 Å². The van der Waals surface area contributed by atoms with Crippen molar-refractivity contribution in [1.82, 2.24) is 39.7 Å². The fourth-order valence-electron chi connectivity index (χ4n) is 8.64. The lowest BCUT2D eigenvalue weighted by Crippen LogP contribution is -2.41. The van der Waals surface area contributed by atoms with E-state index < -0.39 is 24.4 Å². The summed E-state index contributed by atoms with van der Waals surface area (Å²) in [4.78, 5) is 35.3. The van der Waals surface area contributed by atoms with Gasteiger partial charge in [-0.1, -0.05) is 13.8 Å². The Balaban J connectivity index is 0.000000210. The number of nitrogens with zero attached hydrogens (tertiary/aromatic N) is 9. The van der Waals surface area contributed by atoms with Gasteiger partial charge in [0.05, 0.1) is 43.5 Å². The van der Waals surface area contributed by atoms with Gasteiger partial charge in [0.15, 0.2) is 17.4 Å². The zero-order valence-electron chi connectivity index (χ0n) is 38.5. The first-order chi connectivity index (χ1) is 31.6. The van der Waals surface area contributed by atoms with Crippen LogP contribution in [0.4, 0.5) is 60.4 Å². The molecule has 3 amide bonds. The lowest BCUT2D eigenvalue weighted by atomic mass is 10.0. The number of fused-ring (bicyclic) bond motifs is 2. The van der Waals surface area contributed by atoms with E-state index in [1.807, 2.05) is 23.2 Å². The number of carbonyl (C=O) groups excluding carboxylic acids is 2. The molecule has 4 aliphatic heterocycles. The van der Waals surface area contributed by atoms with Gasteiger partial charge in [0.25, 0.3) is 0 Å². The molecule has 66 heavy (non-hydrogen) atoms. The van der Waals surface area contributed by atoms with E-state index in [1.165, 1.54) is 32.4 Å². The second kappa shape index (κ2) is 21.6. The van der Waals surface area contributed by atoms with E-state index in [1.54, 1.807) is 46.8 Å². The minimum atomic E-state index is -4.47. The molecule has 17 nitrogen and oxygen atoms in total. The highest BCUT2D eigenvalue weighted by atomic mass is 19.4. The number of halogens is 5. The Bertz CT molecular complexity index is 2290. The second-order valence-corrected chi connectivity index (χ2v) is 16.0. The minimum absolute atomic E-state index is 0.0650. The van der Waals surface area contributed by atoms with E-state index in [9.17, 15) is 31.5 Å². The van der Waals surface area contributed by atoms with Gasteiger partial charge in [-0.3, -0.25) is 9.36 Å². The number of nitrogens with two attached hydrogens (primary N) is 1. The second-order valence-electron chi connectivity index (χ2n) is 16.0. The van der Waals surface area contributed by atoms with Crippen LogP contribution in [0.25, 0.3) is 0 Å². The maximum absolute atomic E-state index is 13.5. The highest BCUT2D eigenvalue weighted by Gasteiger charge is 2.36. The first-order valence-corrected chi connectivity index (χ1v) is 22.1. The number of hydrogen-bond donors (Lipinski definition) is 2. The van der Waals surface area contributed by atoms with E-state index >= 15 is 0 Å². The molecule has 2 saturated heterocycles. The summed E-state index contributed by atoms with van der Waals surface area (Å²) in [7, 11) is 6.39. The topological polar surface area (TPSA) is 171 Å².